The molecular formula is C22H24N4OS. The Morgan fingerprint density at radius 1 is 1.14 bits per heavy atom. The molecule has 4 rings (SSSR count). The zero-order valence-corrected chi connectivity index (χ0v) is 16.8. The zero-order chi connectivity index (χ0) is 19.3. The number of carbonyl (C=O) groups is 1. The van der Waals surface area contributed by atoms with Crippen LogP contribution >= 0.6 is 11.5 Å². The molecule has 1 fully saturated rings. The molecule has 1 saturated heterocycles. The van der Waals surface area contributed by atoms with Gasteiger partial charge in [0.15, 0.2) is 0 Å². The number of anilines is 1. The van der Waals surface area contributed by atoms with Gasteiger partial charge in [0.1, 0.15) is 11.9 Å². The lowest BCUT2D eigenvalue weighted by molar-refractivity contribution is -0.122. The van der Waals surface area contributed by atoms with Crippen molar-refractivity contribution >= 4 is 22.6 Å². The molecule has 1 amide bonds. The summed E-state index contributed by atoms with van der Waals surface area (Å²) in [6.07, 6.45) is 2.57. The maximum Gasteiger partial charge on any atom is 0.243 e. The predicted octanol–water partition coefficient (Wildman–Crippen LogP) is 3.72. The van der Waals surface area contributed by atoms with Gasteiger partial charge in [-0.15, -0.1) is 0 Å². The Balaban J connectivity index is 1.39. The van der Waals surface area contributed by atoms with Crippen LogP contribution in [0, 0.1) is 6.92 Å². The normalized spacial score (nSPS) is 16.3. The minimum atomic E-state index is -0.163. The lowest BCUT2D eigenvalue weighted by atomic mass is 10.1. The van der Waals surface area contributed by atoms with E-state index in [0.29, 0.717) is 6.54 Å². The number of hydrogen-bond donors (Lipinski definition) is 1. The lowest BCUT2D eigenvalue weighted by Crippen LogP contribution is -2.43. The number of aromatic nitrogens is 2. The summed E-state index contributed by atoms with van der Waals surface area (Å²) in [6.45, 7) is 3.49. The average Bonchev–Trinajstić information content (AvgIpc) is 3.38. The van der Waals surface area contributed by atoms with Crippen LogP contribution in [0.3, 0.4) is 0 Å². The van der Waals surface area contributed by atoms with E-state index in [4.69, 9.17) is 4.98 Å². The molecule has 2 heterocycles. The molecule has 6 heteroatoms. The lowest BCUT2D eigenvalue weighted by Gasteiger charge is -2.22. The molecule has 0 spiro atoms. The van der Waals surface area contributed by atoms with Gasteiger partial charge in [-0.25, -0.2) is 4.98 Å². The van der Waals surface area contributed by atoms with Crippen molar-refractivity contribution in [2.75, 3.05) is 11.4 Å². The highest BCUT2D eigenvalue weighted by Gasteiger charge is 2.32. The largest absolute Gasteiger partial charge is 0.350 e. The first-order valence-corrected chi connectivity index (χ1v) is 10.4. The fraction of sp³-hybridized carbons (Fsp3) is 0.318. The fourth-order valence-corrected chi connectivity index (χ4v) is 4.25. The van der Waals surface area contributed by atoms with Gasteiger partial charge in [0.2, 0.25) is 11.0 Å². The van der Waals surface area contributed by atoms with Crippen LogP contribution in [0.15, 0.2) is 54.6 Å². The van der Waals surface area contributed by atoms with Crippen molar-refractivity contribution in [3.8, 4) is 0 Å². The van der Waals surface area contributed by atoms with Crippen molar-refractivity contribution < 1.29 is 4.79 Å². The number of benzene rings is 2. The van der Waals surface area contributed by atoms with Gasteiger partial charge in [0.25, 0.3) is 0 Å². The van der Waals surface area contributed by atoms with Gasteiger partial charge in [-0.2, -0.15) is 4.37 Å². The van der Waals surface area contributed by atoms with Crippen molar-refractivity contribution in [1.82, 2.24) is 14.7 Å². The fourth-order valence-electron chi connectivity index (χ4n) is 3.49. The summed E-state index contributed by atoms with van der Waals surface area (Å²) in [7, 11) is 0. The molecule has 0 aliphatic carbocycles. The molecule has 5 nitrogen and oxygen atoms in total. The van der Waals surface area contributed by atoms with Gasteiger partial charge in [-0.05, 0) is 30.9 Å². The van der Waals surface area contributed by atoms with E-state index in [1.807, 2.05) is 30.3 Å². The molecule has 0 bridgehead atoms. The highest BCUT2D eigenvalue weighted by Crippen LogP contribution is 2.27. The molecule has 1 aliphatic heterocycles. The van der Waals surface area contributed by atoms with E-state index in [0.717, 1.165) is 42.3 Å². The van der Waals surface area contributed by atoms with Gasteiger partial charge in [0, 0.05) is 31.0 Å². The first-order chi connectivity index (χ1) is 13.7. The topological polar surface area (TPSA) is 58.1 Å². The van der Waals surface area contributed by atoms with Crippen molar-refractivity contribution in [2.45, 2.75) is 38.8 Å². The predicted molar refractivity (Wildman–Crippen MR) is 113 cm³/mol. The van der Waals surface area contributed by atoms with Crippen LogP contribution in [0.1, 0.15) is 35.4 Å². The Morgan fingerprint density at radius 2 is 1.93 bits per heavy atom. The molecule has 144 valence electrons. The Hall–Kier alpha value is -2.73. The Bertz CT molecular complexity index is 923. The second-order valence-electron chi connectivity index (χ2n) is 7.21. The molecule has 1 atom stereocenters. The summed E-state index contributed by atoms with van der Waals surface area (Å²) >= 11 is 1.39. The summed E-state index contributed by atoms with van der Waals surface area (Å²) < 4.78 is 4.52. The van der Waals surface area contributed by atoms with Crippen LogP contribution in [0.4, 0.5) is 5.13 Å². The molecule has 0 unspecified atom stereocenters. The first kappa shape index (κ1) is 18.6. The number of rotatable bonds is 6. The van der Waals surface area contributed by atoms with Crippen LogP contribution in [0.5, 0.6) is 0 Å². The van der Waals surface area contributed by atoms with E-state index in [1.165, 1.54) is 22.7 Å². The Labute approximate surface area is 169 Å². The van der Waals surface area contributed by atoms with Crippen molar-refractivity contribution in [3.05, 3.63) is 77.1 Å². The van der Waals surface area contributed by atoms with Crippen LogP contribution in [0.2, 0.25) is 0 Å². The summed E-state index contributed by atoms with van der Waals surface area (Å²) in [5.41, 5.74) is 3.56. The minimum Gasteiger partial charge on any atom is -0.350 e. The zero-order valence-electron chi connectivity index (χ0n) is 16.0. The number of hydrogen-bond acceptors (Lipinski definition) is 5. The summed E-state index contributed by atoms with van der Waals surface area (Å²) in [6, 6.07) is 18.3. The van der Waals surface area contributed by atoms with Crippen molar-refractivity contribution in [2.24, 2.45) is 0 Å². The van der Waals surface area contributed by atoms with Crippen LogP contribution in [0.25, 0.3) is 0 Å². The molecular weight excluding hydrogens is 368 g/mol. The highest BCUT2D eigenvalue weighted by atomic mass is 32.1. The quantitative estimate of drug-likeness (QED) is 0.695. The standard InChI is InChI=1S/C22H24N4OS/c1-16-9-11-17(12-10-16)14-20-24-22(28-25-20)26-13-5-8-19(26)21(27)23-15-18-6-3-2-4-7-18/h2-4,6-7,9-12,19H,5,8,13-15H2,1H3,(H,23,27)/t19-/m1/s1. The van der Waals surface area contributed by atoms with E-state index in [1.54, 1.807) is 0 Å². The average molecular weight is 393 g/mol. The third kappa shape index (κ3) is 4.39. The summed E-state index contributed by atoms with van der Waals surface area (Å²) in [5, 5.41) is 3.92. The third-order valence-corrected chi connectivity index (χ3v) is 5.84. The molecule has 0 radical (unpaired) electrons. The number of amides is 1. The summed E-state index contributed by atoms with van der Waals surface area (Å²) in [5.74, 6) is 0.885. The van der Waals surface area contributed by atoms with Crippen LogP contribution in [-0.2, 0) is 17.8 Å². The van der Waals surface area contributed by atoms with E-state index in [2.05, 4.69) is 45.8 Å². The molecule has 2 aromatic carbocycles. The van der Waals surface area contributed by atoms with E-state index in [-0.39, 0.29) is 11.9 Å². The maximum atomic E-state index is 12.7. The van der Waals surface area contributed by atoms with Crippen LogP contribution in [-0.4, -0.2) is 27.9 Å². The molecule has 1 N–H and O–H groups in total. The smallest absolute Gasteiger partial charge is 0.243 e. The highest BCUT2D eigenvalue weighted by molar-refractivity contribution is 7.09. The second kappa shape index (κ2) is 8.52. The molecule has 0 saturated carbocycles. The molecule has 1 aromatic heterocycles. The first-order valence-electron chi connectivity index (χ1n) is 9.65. The van der Waals surface area contributed by atoms with Gasteiger partial charge >= 0.3 is 0 Å². The molecule has 1 aliphatic rings. The van der Waals surface area contributed by atoms with Crippen molar-refractivity contribution in [3.63, 3.8) is 0 Å². The third-order valence-electron chi connectivity index (χ3n) is 5.05. The monoisotopic (exact) mass is 392 g/mol. The van der Waals surface area contributed by atoms with Gasteiger partial charge < -0.3 is 10.2 Å². The van der Waals surface area contributed by atoms with Gasteiger partial charge in [0.05, 0.1) is 0 Å². The second-order valence-corrected chi connectivity index (χ2v) is 7.94. The van der Waals surface area contributed by atoms with Crippen molar-refractivity contribution in [1.29, 1.82) is 0 Å². The Morgan fingerprint density at radius 3 is 2.71 bits per heavy atom. The maximum absolute atomic E-state index is 12.7. The number of carbonyl (C=O) groups excluding carboxylic acids is 1. The van der Waals surface area contributed by atoms with Crippen LogP contribution < -0.4 is 10.2 Å². The number of nitrogens with zero attached hydrogens (tertiary/aromatic N) is 3. The number of aryl methyl sites for hydroxylation is 1. The van der Waals surface area contributed by atoms with E-state index >= 15 is 0 Å². The Kier molecular flexibility index (Phi) is 5.67. The molecule has 3 aromatic rings. The van der Waals surface area contributed by atoms with E-state index < -0.39 is 0 Å². The summed E-state index contributed by atoms with van der Waals surface area (Å²) in [4.78, 5) is 19.6. The minimum absolute atomic E-state index is 0.0663. The van der Waals surface area contributed by atoms with Gasteiger partial charge in [-0.1, -0.05) is 60.2 Å². The SMILES string of the molecule is Cc1ccc(Cc2nsc(N3CCC[C@@H]3C(=O)NCc3ccccc3)n2)cc1. The molecule has 28 heavy (non-hydrogen) atoms. The van der Waals surface area contributed by atoms with E-state index in [9.17, 15) is 4.79 Å². The van der Waals surface area contributed by atoms with Gasteiger partial charge in [-0.3, -0.25) is 4.79 Å². The number of nitrogens with one attached hydrogen (secondary N) is 1.